The SMILES string of the molecule is O=C(O)c1cc2ccccc2cc1O[C@H]1CC[C@H]2CN[C@H](C(=O)O)C[C@H]2C1. The number of ether oxygens (including phenoxy) is 1. The van der Waals surface area contributed by atoms with Gasteiger partial charge in [0.1, 0.15) is 17.4 Å². The number of carbonyl (C=O) groups is 2. The van der Waals surface area contributed by atoms with Crippen molar-refractivity contribution in [3.05, 3.63) is 42.0 Å². The smallest absolute Gasteiger partial charge is 0.339 e. The number of benzene rings is 2. The van der Waals surface area contributed by atoms with Crippen molar-refractivity contribution in [1.82, 2.24) is 5.32 Å². The second-order valence-electron chi connectivity index (χ2n) is 7.61. The molecule has 1 heterocycles. The maximum absolute atomic E-state index is 11.7. The molecule has 2 aromatic rings. The Kier molecular flexibility index (Phi) is 4.74. The third-order valence-corrected chi connectivity index (χ3v) is 5.93. The Bertz CT molecular complexity index is 880. The predicted molar refractivity (Wildman–Crippen MR) is 100 cm³/mol. The lowest BCUT2D eigenvalue weighted by molar-refractivity contribution is -0.141. The van der Waals surface area contributed by atoms with Gasteiger partial charge < -0.3 is 20.3 Å². The summed E-state index contributed by atoms with van der Waals surface area (Å²) in [6.07, 6.45) is 3.10. The second kappa shape index (κ2) is 7.19. The molecule has 142 valence electrons. The average Bonchev–Trinajstić information content (AvgIpc) is 2.66. The van der Waals surface area contributed by atoms with E-state index >= 15 is 0 Å². The van der Waals surface area contributed by atoms with E-state index in [0.29, 0.717) is 24.0 Å². The molecular formula is C21H23NO5. The average molecular weight is 369 g/mol. The highest BCUT2D eigenvalue weighted by molar-refractivity contribution is 5.97. The van der Waals surface area contributed by atoms with Crippen LogP contribution in [-0.2, 0) is 4.79 Å². The van der Waals surface area contributed by atoms with Crippen molar-refractivity contribution in [2.75, 3.05) is 6.54 Å². The van der Waals surface area contributed by atoms with Crippen LogP contribution in [0, 0.1) is 11.8 Å². The molecule has 1 saturated heterocycles. The van der Waals surface area contributed by atoms with E-state index in [1.165, 1.54) is 0 Å². The van der Waals surface area contributed by atoms with Crippen molar-refractivity contribution in [3.8, 4) is 5.75 Å². The van der Waals surface area contributed by atoms with Gasteiger partial charge in [0.2, 0.25) is 0 Å². The van der Waals surface area contributed by atoms with Crippen molar-refractivity contribution in [2.24, 2.45) is 11.8 Å². The van der Waals surface area contributed by atoms with Crippen LogP contribution in [0.5, 0.6) is 5.75 Å². The first-order chi connectivity index (χ1) is 13.0. The number of piperidine rings is 1. The van der Waals surface area contributed by atoms with Crippen LogP contribution in [0.25, 0.3) is 10.8 Å². The Labute approximate surface area is 157 Å². The Morgan fingerprint density at radius 3 is 2.44 bits per heavy atom. The minimum atomic E-state index is -1.00. The Hall–Kier alpha value is -2.60. The molecule has 0 amide bonds. The van der Waals surface area contributed by atoms with Crippen LogP contribution in [0.1, 0.15) is 36.0 Å². The second-order valence-corrected chi connectivity index (χ2v) is 7.61. The highest BCUT2D eigenvalue weighted by Crippen LogP contribution is 2.38. The quantitative estimate of drug-likeness (QED) is 0.766. The molecule has 2 fully saturated rings. The van der Waals surface area contributed by atoms with Crippen molar-refractivity contribution in [3.63, 3.8) is 0 Å². The van der Waals surface area contributed by atoms with Gasteiger partial charge in [0, 0.05) is 0 Å². The summed E-state index contributed by atoms with van der Waals surface area (Å²) >= 11 is 0. The molecule has 1 aliphatic heterocycles. The lowest BCUT2D eigenvalue weighted by atomic mass is 9.72. The molecule has 0 aromatic heterocycles. The summed E-state index contributed by atoms with van der Waals surface area (Å²) in [5.74, 6) is -0.652. The highest BCUT2D eigenvalue weighted by atomic mass is 16.5. The summed E-state index contributed by atoms with van der Waals surface area (Å²) in [6.45, 7) is 0.727. The van der Waals surface area contributed by atoms with Gasteiger partial charge in [-0.25, -0.2) is 4.79 Å². The number of carboxylic acid groups (broad SMARTS) is 2. The van der Waals surface area contributed by atoms with Crippen LogP contribution in [0.3, 0.4) is 0 Å². The number of rotatable bonds is 4. The molecule has 4 rings (SSSR count). The van der Waals surface area contributed by atoms with Gasteiger partial charge >= 0.3 is 11.9 Å². The summed E-state index contributed by atoms with van der Waals surface area (Å²) in [6, 6.07) is 10.6. The van der Waals surface area contributed by atoms with Crippen LogP contribution in [0.4, 0.5) is 0 Å². The number of aliphatic carboxylic acids is 1. The molecule has 27 heavy (non-hydrogen) atoms. The summed E-state index contributed by atoms with van der Waals surface area (Å²) in [4.78, 5) is 23.0. The van der Waals surface area contributed by atoms with E-state index in [1.54, 1.807) is 12.1 Å². The molecule has 4 atom stereocenters. The van der Waals surface area contributed by atoms with Crippen LogP contribution in [0.15, 0.2) is 36.4 Å². The molecular weight excluding hydrogens is 346 g/mol. The normalized spacial score (nSPS) is 27.7. The fourth-order valence-electron chi connectivity index (χ4n) is 4.48. The van der Waals surface area contributed by atoms with Gasteiger partial charge in [-0.2, -0.15) is 0 Å². The van der Waals surface area contributed by atoms with Crippen molar-refractivity contribution < 1.29 is 24.5 Å². The third-order valence-electron chi connectivity index (χ3n) is 5.93. The summed E-state index contributed by atoms with van der Waals surface area (Å²) in [5, 5.41) is 23.8. The lowest BCUT2D eigenvalue weighted by Crippen LogP contribution is -2.50. The van der Waals surface area contributed by atoms with E-state index in [4.69, 9.17) is 4.74 Å². The third kappa shape index (κ3) is 3.62. The number of aromatic carboxylic acids is 1. The van der Waals surface area contributed by atoms with Gasteiger partial charge in [-0.1, -0.05) is 24.3 Å². The first-order valence-corrected chi connectivity index (χ1v) is 9.40. The molecule has 0 unspecified atom stereocenters. The van der Waals surface area contributed by atoms with Gasteiger partial charge in [0.15, 0.2) is 0 Å². The van der Waals surface area contributed by atoms with E-state index in [2.05, 4.69) is 5.32 Å². The minimum Gasteiger partial charge on any atom is -0.489 e. The van der Waals surface area contributed by atoms with E-state index in [1.807, 2.05) is 24.3 Å². The van der Waals surface area contributed by atoms with Crippen molar-refractivity contribution in [1.29, 1.82) is 0 Å². The summed E-state index contributed by atoms with van der Waals surface area (Å²) in [5.41, 5.74) is 0.171. The first kappa shape index (κ1) is 17.8. The van der Waals surface area contributed by atoms with E-state index in [9.17, 15) is 19.8 Å². The predicted octanol–water partition coefficient (Wildman–Crippen LogP) is 3.15. The van der Waals surface area contributed by atoms with Crippen LogP contribution in [-0.4, -0.2) is 40.8 Å². The molecule has 0 radical (unpaired) electrons. The topological polar surface area (TPSA) is 95.9 Å². The Balaban J connectivity index is 1.54. The molecule has 1 aliphatic carbocycles. The molecule has 6 nitrogen and oxygen atoms in total. The van der Waals surface area contributed by atoms with Gasteiger partial charge in [-0.15, -0.1) is 0 Å². The molecule has 6 heteroatoms. The van der Waals surface area contributed by atoms with E-state index < -0.39 is 18.0 Å². The largest absolute Gasteiger partial charge is 0.489 e. The maximum atomic E-state index is 11.7. The molecule has 0 spiro atoms. The van der Waals surface area contributed by atoms with Crippen LogP contribution < -0.4 is 10.1 Å². The zero-order chi connectivity index (χ0) is 19.0. The Morgan fingerprint density at radius 1 is 1.00 bits per heavy atom. The van der Waals surface area contributed by atoms with Crippen LogP contribution >= 0.6 is 0 Å². The lowest BCUT2D eigenvalue weighted by Gasteiger charge is -2.41. The fraction of sp³-hybridized carbons (Fsp3) is 0.429. The van der Waals surface area contributed by atoms with Crippen molar-refractivity contribution >= 4 is 22.7 Å². The number of hydrogen-bond donors (Lipinski definition) is 3. The first-order valence-electron chi connectivity index (χ1n) is 9.40. The zero-order valence-electron chi connectivity index (χ0n) is 14.9. The Morgan fingerprint density at radius 2 is 1.74 bits per heavy atom. The number of hydrogen-bond acceptors (Lipinski definition) is 4. The number of fused-ring (bicyclic) bond motifs is 2. The highest BCUT2D eigenvalue weighted by Gasteiger charge is 2.38. The van der Waals surface area contributed by atoms with E-state index in [0.717, 1.165) is 36.6 Å². The minimum absolute atomic E-state index is 0.0851. The van der Waals surface area contributed by atoms with Gasteiger partial charge in [0.25, 0.3) is 0 Å². The zero-order valence-corrected chi connectivity index (χ0v) is 14.9. The maximum Gasteiger partial charge on any atom is 0.339 e. The molecule has 2 aliphatic rings. The summed E-state index contributed by atoms with van der Waals surface area (Å²) < 4.78 is 6.15. The molecule has 2 aromatic carbocycles. The van der Waals surface area contributed by atoms with Gasteiger partial charge in [-0.05, 0) is 67.0 Å². The standard InChI is InChI=1S/C21H23NO5/c23-20(24)17-8-12-3-1-2-4-13(12)10-19(17)27-16-6-5-14-11-22-18(21(25)26)9-15(14)7-16/h1-4,8,10,14-16,18,22H,5-7,9,11H2,(H,23,24)(H,25,26)/t14-,15+,16-,18-/m0/s1. The molecule has 3 N–H and O–H groups in total. The van der Waals surface area contributed by atoms with E-state index in [-0.39, 0.29) is 11.7 Å². The van der Waals surface area contributed by atoms with Crippen molar-refractivity contribution in [2.45, 2.75) is 37.8 Å². The summed E-state index contributed by atoms with van der Waals surface area (Å²) in [7, 11) is 0. The fourth-order valence-corrected chi connectivity index (χ4v) is 4.48. The molecule has 0 bridgehead atoms. The van der Waals surface area contributed by atoms with Gasteiger partial charge in [0.05, 0.1) is 6.10 Å². The molecule has 1 saturated carbocycles. The number of carboxylic acids is 2. The van der Waals surface area contributed by atoms with Gasteiger partial charge in [-0.3, -0.25) is 4.79 Å². The number of nitrogens with one attached hydrogen (secondary N) is 1. The monoisotopic (exact) mass is 369 g/mol. The van der Waals surface area contributed by atoms with Crippen LogP contribution in [0.2, 0.25) is 0 Å².